The maximum atomic E-state index is 10.5. The molecule has 0 radical (unpaired) electrons. The van der Waals surface area contributed by atoms with Gasteiger partial charge in [-0.3, -0.25) is 4.79 Å². The van der Waals surface area contributed by atoms with Gasteiger partial charge in [0.05, 0.1) is 12.6 Å². The van der Waals surface area contributed by atoms with Gasteiger partial charge in [-0.2, -0.15) is 0 Å². The summed E-state index contributed by atoms with van der Waals surface area (Å²) in [6.07, 6.45) is 2.34. The first-order valence-electron chi connectivity index (χ1n) is 2.84. The van der Waals surface area contributed by atoms with Crippen molar-refractivity contribution in [1.29, 1.82) is 0 Å². The van der Waals surface area contributed by atoms with Crippen molar-refractivity contribution in [3.63, 3.8) is 0 Å². The molecule has 1 rings (SSSR count). The number of hydrogen-bond donors (Lipinski definition) is 1. The lowest BCUT2D eigenvalue weighted by molar-refractivity contribution is -0.148. The van der Waals surface area contributed by atoms with E-state index in [1.54, 1.807) is 0 Å². The number of nitrogens with zero attached hydrogens (tertiary/aromatic N) is 1. The molecule has 5 heteroatoms. The topological polar surface area (TPSA) is 80.4 Å². The summed E-state index contributed by atoms with van der Waals surface area (Å²) in [5.74, 6) is -2.27. The van der Waals surface area contributed by atoms with E-state index < -0.39 is 11.8 Å². The highest BCUT2D eigenvalue weighted by Gasteiger charge is 2.14. The minimum atomic E-state index is -1.47. The van der Waals surface area contributed by atoms with Gasteiger partial charge in [0.25, 0.3) is 0 Å². The third-order valence-corrected chi connectivity index (χ3v) is 1.03. The molecule has 0 aliphatic carbocycles. The van der Waals surface area contributed by atoms with E-state index in [4.69, 9.17) is 5.11 Å². The van der Waals surface area contributed by atoms with Crippen LogP contribution in [0.15, 0.2) is 16.9 Å². The second kappa shape index (κ2) is 2.96. The van der Waals surface area contributed by atoms with E-state index in [0.29, 0.717) is 0 Å². The zero-order chi connectivity index (χ0) is 8.27. The van der Waals surface area contributed by atoms with Crippen LogP contribution in [0.25, 0.3) is 0 Å². The standard InChI is InChI=1S/C6H5NO4/c8-4(6(9)10)3-5-7-1-2-11-5/h1-2H,3H2,(H,9,10). The van der Waals surface area contributed by atoms with Gasteiger partial charge in [0.2, 0.25) is 11.7 Å². The van der Waals surface area contributed by atoms with Crippen molar-refractivity contribution in [1.82, 2.24) is 4.98 Å². The summed E-state index contributed by atoms with van der Waals surface area (Å²) >= 11 is 0. The highest BCUT2D eigenvalue weighted by atomic mass is 16.4. The summed E-state index contributed by atoms with van der Waals surface area (Å²) in [5.41, 5.74) is 0. The number of aliphatic carboxylic acids is 1. The Bertz CT molecular complexity index is 264. The van der Waals surface area contributed by atoms with Crippen LogP contribution in [0.2, 0.25) is 0 Å². The highest BCUT2D eigenvalue weighted by molar-refractivity contribution is 6.33. The molecule has 0 aliphatic rings. The van der Waals surface area contributed by atoms with Crippen molar-refractivity contribution < 1.29 is 19.1 Å². The van der Waals surface area contributed by atoms with Gasteiger partial charge in [-0.1, -0.05) is 0 Å². The van der Waals surface area contributed by atoms with Gasteiger partial charge < -0.3 is 9.52 Å². The average Bonchev–Trinajstić information content (AvgIpc) is 2.39. The normalized spacial score (nSPS) is 9.45. The second-order valence-electron chi connectivity index (χ2n) is 1.83. The molecule has 0 saturated carbocycles. The van der Waals surface area contributed by atoms with Crippen LogP contribution in [-0.4, -0.2) is 21.8 Å². The van der Waals surface area contributed by atoms with Crippen molar-refractivity contribution >= 4 is 11.8 Å². The van der Waals surface area contributed by atoms with Crippen LogP contribution >= 0.6 is 0 Å². The number of Topliss-reactive ketones (excluding diaryl/α,β-unsaturated/α-hetero) is 1. The molecule has 0 saturated heterocycles. The van der Waals surface area contributed by atoms with Crippen molar-refractivity contribution in [2.24, 2.45) is 0 Å². The summed E-state index contributed by atoms with van der Waals surface area (Å²) in [5, 5.41) is 8.16. The average molecular weight is 155 g/mol. The molecule has 1 N–H and O–H groups in total. The first-order chi connectivity index (χ1) is 5.20. The Morgan fingerprint density at radius 3 is 2.82 bits per heavy atom. The predicted molar refractivity (Wildman–Crippen MR) is 32.8 cm³/mol. The number of carbonyl (C=O) groups is 2. The molecule has 0 aliphatic heterocycles. The molecule has 0 aromatic carbocycles. The first-order valence-corrected chi connectivity index (χ1v) is 2.84. The number of carbonyl (C=O) groups excluding carboxylic acids is 1. The fourth-order valence-corrected chi connectivity index (χ4v) is 0.553. The minimum Gasteiger partial charge on any atom is -0.475 e. The molecular formula is C6H5NO4. The van der Waals surface area contributed by atoms with Crippen molar-refractivity contribution in [2.45, 2.75) is 6.42 Å². The fourth-order valence-electron chi connectivity index (χ4n) is 0.553. The van der Waals surface area contributed by atoms with Crippen LogP contribution in [0.4, 0.5) is 0 Å². The van der Waals surface area contributed by atoms with Gasteiger partial charge in [0, 0.05) is 0 Å². The fraction of sp³-hybridized carbons (Fsp3) is 0.167. The Hall–Kier alpha value is -1.65. The Kier molecular flexibility index (Phi) is 2.00. The van der Waals surface area contributed by atoms with Crippen LogP contribution in [-0.2, 0) is 16.0 Å². The van der Waals surface area contributed by atoms with Crippen molar-refractivity contribution in [3.05, 3.63) is 18.4 Å². The Morgan fingerprint density at radius 1 is 1.64 bits per heavy atom. The molecule has 58 valence electrons. The van der Waals surface area contributed by atoms with Crippen LogP contribution in [0.5, 0.6) is 0 Å². The lowest BCUT2D eigenvalue weighted by Crippen LogP contribution is -2.15. The van der Waals surface area contributed by atoms with Crippen LogP contribution in [0.3, 0.4) is 0 Å². The van der Waals surface area contributed by atoms with Crippen LogP contribution in [0.1, 0.15) is 5.89 Å². The number of carboxylic acid groups (broad SMARTS) is 1. The lowest BCUT2D eigenvalue weighted by atomic mass is 10.3. The van der Waals surface area contributed by atoms with Gasteiger partial charge >= 0.3 is 5.97 Å². The summed E-state index contributed by atoms with van der Waals surface area (Å²) in [6, 6.07) is 0. The number of carboxylic acids is 1. The van der Waals surface area contributed by atoms with Crippen molar-refractivity contribution in [2.75, 3.05) is 0 Å². The number of oxazole rings is 1. The number of hydrogen-bond acceptors (Lipinski definition) is 4. The molecule has 1 heterocycles. The van der Waals surface area contributed by atoms with E-state index in [2.05, 4.69) is 9.40 Å². The molecule has 0 amide bonds. The van der Waals surface area contributed by atoms with E-state index in [0.717, 1.165) is 0 Å². The Morgan fingerprint density at radius 2 is 2.36 bits per heavy atom. The lowest BCUT2D eigenvalue weighted by Gasteiger charge is -1.87. The minimum absolute atomic E-state index is 0.123. The quantitative estimate of drug-likeness (QED) is 0.615. The SMILES string of the molecule is O=C(O)C(=O)Cc1ncco1. The monoisotopic (exact) mass is 155 g/mol. The molecule has 0 atom stereocenters. The third-order valence-electron chi connectivity index (χ3n) is 1.03. The summed E-state index contributed by atoms with van der Waals surface area (Å²) in [4.78, 5) is 24.1. The zero-order valence-electron chi connectivity index (χ0n) is 5.48. The largest absolute Gasteiger partial charge is 0.475 e. The van der Waals surface area contributed by atoms with E-state index in [-0.39, 0.29) is 12.3 Å². The highest BCUT2D eigenvalue weighted by Crippen LogP contribution is 1.95. The number of aromatic nitrogens is 1. The third kappa shape index (κ3) is 1.89. The predicted octanol–water partition coefficient (Wildman–Crippen LogP) is -0.129. The first kappa shape index (κ1) is 7.46. The number of ketones is 1. The summed E-state index contributed by atoms with van der Waals surface area (Å²) in [6.45, 7) is 0. The van der Waals surface area contributed by atoms with Gasteiger partial charge in [-0.05, 0) is 0 Å². The van der Waals surface area contributed by atoms with Gasteiger partial charge in [0.1, 0.15) is 6.26 Å². The van der Waals surface area contributed by atoms with Crippen LogP contribution in [0, 0.1) is 0 Å². The molecule has 0 fully saturated rings. The van der Waals surface area contributed by atoms with E-state index in [1.807, 2.05) is 0 Å². The molecule has 1 aromatic rings. The Balaban J connectivity index is 2.57. The Labute approximate surface area is 61.7 Å². The summed E-state index contributed by atoms with van der Waals surface area (Å²) < 4.78 is 4.66. The smallest absolute Gasteiger partial charge is 0.372 e. The maximum absolute atomic E-state index is 10.5. The zero-order valence-corrected chi connectivity index (χ0v) is 5.48. The summed E-state index contributed by atoms with van der Waals surface area (Å²) in [7, 11) is 0. The molecular weight excluding hydrogens is 150 g/mol. The van der Waals surface area contributed by atoms with Gasteiger partial charge in [-0.15, -0.1) is 0 Å². The molecule has 0 unspecified atom stereocenters. The van der Waals surface area contributed by atoms with Crippen LogP contribution < -0.4 is 0 Å². The van der Waals surface area contributed by atoms with E-state index >= 15 is 0 Å². The van der Waals surface area contributed by atoms with E-state index in [1.165, 1.54) is 12.5 Å². The van der Waals surface area contributed by atoms with Gasteiger partial charge in [-0.25, -0.2) is 9.78 Å². The molecule has 0 bridgehead atoms. The maximum Gasteiger partial charge on any atom is 0.372 e. The van der Waals surface area contributed by atoms with Gasteiger partial charge in [0.15, 0.2) is 0 Å². The number of rotatable bonds is 3. The molecule has 11 heavy (non-hydrogen) atoms. The second-order valence-corrected chi connectivity index (χ2v) is 1.83. The van der Waals surface area contributed by atoms with E-state index in [9.17, 15) is 9.59 Å². The van der Waals surface area contributed by atoms with Crippen molar-refractivity contribution in [3.8, 4) is 0 Å². The molecule has 5 nitrogen and oxygen atoms in total. The molecule has 0 spiro atoms. The molecule has 1 aromatic heterocycles.